The Balaban J connectivity index is 1.34. The van der Waals surface area contributed by atoms with Gasteiger partial charge in [-0.3, -0.25) is 34.5 Å². The smallest absolute Gasteiger partial charge is 0.413 e. The summed E-state index contributed by atoms with van der Waals surface area (Å²) >= 11 is 0. The van der Waals surface area contributed by atoms with Crippen LogP contribution in [-0.4, -0.2) is 60.3 Å². The Kier molecular flexibility index (Phi) is 9.19. The number of rotatable bonds is 11. The highest BCUT2D eigenvalue weighted by molar-refractivity contribution is 6.07. The van der Waals surface area contributed by atoms with E-state index in [0.29, 0.717) is 5.69 Å². The standard InChI is InChI=1S/C27H31N11O5/c1-36-14-17(11-18(36)25(40)32-22-12-19(37(2)34-22)24(39)30-10-9-21(28)29)31-26(41)20-13-23(35-38(20)3)33-27(42)43-15-16-7-5-4-6-8-16/h4-8,11-14H,9-10,15H2,1-3H3,(H3,28,29)(H,30,39)(H,31,41)(H,32,34,40)(H,33,35,42). The lowest BCUT2D eigenvalue weighted by molar-refractivity contribution is 0.0943. The molecule has 0 aliphatic heterocycles. The molecule has 4 rings (SSSR count). The van der Waals surface area contributed by atoms with Crippen LogP contribution in [0.4, 0.5) is 22.1 Å². The molecule has 4 aromatic rings. The minimum Gasteiger partial charge on any atom is -0.444 e. The Hall–Kier alpha value is -5.93. The lowest BCUT2D eigenvalue weighted by Gasteiger charge is -2.04. The number of amidine groups is 1. The number of carbonyl (C=O) groups excluding carboxylic acids is 4. The van der Waals surface area contributed by atoms with Gasteiger partial charge in [-0.15, -0.1) is 0 Å². The lowest BCUT2D eigenvalue weighted by Crippen LogP contribution is -2.29. The number of nitrogens with one attached hydrogen (secondary N) is 5. The maximum absolute atomic E-state index is 12.9. The zero-order valence-electron chi connectivity index (χ0n) is 23.7. The molecule has 3 aromatic heterocycles. The van der Waals surface area contributed by atoms with Crippen molar-refractivity contribution in [2.45, 2.75) is 13.0 Å². The van der Waals surface area contributed by atoms with E-state index in [4.69, 9.17) is 15.9 Å². The number of carbonyl (C=O) groups is 4. The molecule has 0 aliphatic rings. The third kappa shape index (κ3) is 7.84. The Labute approximate surface area is 245 Å². The summed E-state index contributed by atoms with van der Waals surface area (Å²) in [4.78, 5) is 50.4. The zero-order valence-corrected chi connectivity index (χ0v) is 23.7. The number of anilines is 3. The highest BCUT2D eigenvalue weighted by Gasteiger charge is 2.20. The van der Waals surface area contributed by atoms with Crippen LogP contribution in [0.15, 0.2) is 54.7 Å². The quantitative estimate of drug-likeness (QED) is 0.112. The fraction of sp³-hybridized carbons (Fsp3) is 0.222. The summed E-state index contributed by atoms with van der Waals surface area (Å²) in [5.41, 5.74) is 7.02. The van der Waals surface area contributed by atoms with Crippen molar-refractivity contribution in [3.8, 4) is 0 Å². The number of nitrogens with zero attached hydrogens (tertiary/aromatic N) is 5. The van der Waals surface area contributed by atoms with E-state index < -0.39 is 23.8 Å². The number of aryl methyl sites for hydroxylation is 3. The van der Waals surface area contributed by atoms with Crippen molar-refractivity contribution in [2.24, 2.45) is 26.9 Å². The molecular weight excluding hydrogens is 558 g/mol. The molecule has 3 heterocycles. The molecule has 16 heteroatoms. The zero-order chi connectivity index (χ0) is 31.1. The minimum atomic E-state index is -0.721. The largest absolute Gasteiger partial charge is 0.444 e. The van der Waals surface area contributed by atoms with Crippen molar-refractivity contribution in [1.82, 2.24) is 29.4 Å². The third-order valence-electron chi connectivity index (χ3n) is 6.08. The molecule has 0 bridgehead atoms. The van der Waals surface area contributed by atoms with Crippen molar-refractivity contribution in [1.29, 1.82) is 5.41 Å². The lowest BCUT2D eigenvalue weighted by atomic mass is 10.2. The van der Waals surface area contributed by atoms with Crippen LogP contribution < -0.4 is 27.0 Å². The first-order valence-corrected chi connectivity index (χ1v) is 13.0. The van der Waals surface area contributed by atoms with Crippen LogP contribution in [0.25, 0.3) is 0 Å². The first-order chi connectivity index (χ1) is 20.5. The number of benzene rings is 1. The van der Waals surface area contributed by atoms with Gasteiger partial charge in [0.1, 0.15) is 23.7 Å². The van der Waals surface area contributed by atoms with E-state index in [2.05, 4.69) is 31.5 Å². The van der Waals surface area contributed by atoms with Gasteiger partial charge in [0.05, 0.1) is 11.5 Å². The van der Waals surface area contributed by atoms with Crippen LogP contribution in [-0.2, 0) is 32.5 Å². The summed E-state index contributed by atoms with van der Waals surface area (Å²) in [6, 6.07) is 13.5. The Morgan fingerprint density at radius 3 is 2.09 bits per heavy atom. The van der Waals surface area contributed by atoms with E-state index >= 15 is 0 Å². The van der Waals surface area contributed by atoms with Gasteiger partial charge >= 0.3 is 6.09 Å². The van der Waals surface area contributed by atoms with E-state index in [0.717, 1.165) is 5.56 Å². The van der Waals surface area contributed by atoms with Gasteiger partial charge in [-0.25, -0.2) is 4.79 Å². The SMILES string of the molecule is Cn1cc(NC(=O)c2cc(NC(=O)OCc3ccccc3)nn2C)cc1C(=O)Nc1cc(C(=O)NCCC(=N)N)n(C)n1. The molecule has 16 nitrogen and oxygen atoms in total. The van der Waals surface area contributed by atoms with Gasteiger partial charge in [0.2, 0.25) is 0 Å². The van der Waals surface area contributed by atoms with Gasteiger partial charge in [0.15, 0.2) is 11.6 Å². The maximum Gasteiger partial charge on any atom is 0.413 e. The minimum absolute atomic E-state index is 0.0461. The van der Waals surface area contributed by atoms with E-state index in [-0.39, 0.29) is 54.1 Å². The molecule has 0 saturated heterocycles. The van der Waals surface area contributed by atoms with Gasteiger partial charge < -0.3 is 31.0 Å². The topological polar surface area (TPSA) is 216 Å². The summed E-state index contributed by atoms with van der Waals surface area (Å²) in [5.74, 6) is -1.25. The molecule has 7 N–H and O–H groups in total. The molecule has 43 heavy (non-hydrogen) atoms. The second-order valence-corrected chi connectivity index (χ2v) is 9.43. The first kappa shape index (κ1) is 30.0. The number of aromatic nitrogens is 5. The predicted octanol–water partition coefficient (Wildman–Crippen LogP) is 1.80. The number of hydrogen-bond donors (Lipinski definition) is 6. The molecule has 1 aromatic carbocycles. The Bertz CT molecular complexity index is 1670. The molecule has 0 spiro atoms. The molecule has 0 fully saturated rings. The highest BCUT2D eigenvalue weighted by atomic mass is 16.5. The van der Waals surface area contributed by atoms with Crippen molar-refractivity contribution in [3.05, 3.63) is 77.4 Å². The van der Waals surface area contributed by atoms with Gasteiger partial charge in [0, 0.05) is 52.4 Å². The molecule has 0 aliphatic carbocycles. The molecule has 4 amide bonds. The van der Waals surface area contributed by atoms with Gasteiger partial charge in [-0.1, -0.05) is 30.3 Å². The summed E-state index contributed by atoms with van der Waals surface area (Å²) in [7, 11) is 4.73. The molecule has 224 valence electrons. The average molecular weight is 590 g/mol. The van der Waals surface area contributed by atoms with Crippen LogP contribution in [0.2, 0.25) is 0 Å². The Morgan fingerprint density at radius 1 is 0.837 bits per heavy atom. The van der Waals surface area contributed by atoms with Crippen LogP contribution in [0, 0.1) is 5.41 Å². The number of hydrogen-bond acceptors (Lipinski definition) is 8. The van der Waals surface area contributed by atoms with Crippen LogP contribution >= 0.6 is 0 Å². The van der Waals surface area contributed by atoms with Crippen LogP contribution in [0.5, 0.6) is 0 Å². The summed E-state index contributed by atoms with van der Waals surface area (Å²) in [5, 5.41) is 26.0. The first-order valence-electron chi connectivity index (χ1n) is 13.0. The number of ether oxygens (including phenoxy) is 1. The van der Waals surface area contributed by atoms with E-state index in [1.807, 2.05) is 30.3 Å². The number of nitrogens with two attached hydrogens (primary N) is 1. The normalized spacial score (nSPS) is 10.6. The molecular formula is C27H31N11O5. The fourth-order valence-corrected chi connectivity index (χ4v) is 3.98. The fourth-order valence-electron chi connectivity index (χ4n) is 3.98. The Morgan fingerprint density at radius 2 is 1.44 bits per heavy atom. The molecule has 0 atom stereocenters. The monoisotopic (exact) mass is 589 g/mol. The maximum atomic E-state index is 12.9. The van der Waals surface area contributed by atoms with Crippen molar-refractivity contribution < 1.29 is 23.9 Å². The van der Waals surface area contributed by atoms with Crippen LogP contribution in [0.3, 0.4) is 0 Å². The molecule has 0 radical (unpaired) electrons. The second-order valence-electron chi connectivity index (χ2n) is 9.43. The van der Waals surface area contributed by atoms with E-state index in [1.165, 1.54) is 32.1 Å². The molecule has 0 unspecified atom stereocenters. The summed E-state index contributed by atoms with van der Waals surface area (Å²) < 4.78 is 9.31. The van der Waals surface area contributed by atoms with E-state index in [9.17, 15) is 19.2 Å². The van der Waals surface area contributed by atoms with Crippen molar-refractivity contribution in [2.75, 3.05) is 22.5 Å². The number of amides is 4. The average Bonchev–Trinajstić information content (AvgIpc) is 3.63. The van der Waals surface area contributed by atoms with E-state index in [1.54, 1.807) is 27.3 Å². The molecule has 0 saturated carbocycles. The summed E-state index contributed by atoms with van der Waals surface area (Å²) in [6.07, 6.45) is 1.04. The van der Waals surface area contributed by atoms with Crippen molar-refractivity contribution >= 4 is 47.0 Å². The van der Waals surface area contributed by atoms with Gasteiger partial charge in [-0.05, 0) is 11.6 Å². The van der Waals surface area contributed by atoms with Gasteiger partial charge in [-0.2, -0.15) is 10.2 Å². The highest BCUT2D eigenvalue weighted by Crippen LogP contribution is 2.18. The summed E-state index contributed by atoms with van der Waals surface area (Å²) in [6.45, 7) is 0.270. The van der Waals surface area contributed by atoms with Crippen LogP contribution in [0.1, 0.15) is 43.4 Å². The third-order valence-corrected chi connectivity index (χ3v) is 6.08. The predicted molar refractivity (Wildman–Crippen MR) is 157 cm³/mol. The second kappa shape index (κ2) is 13.2. The van der Waals surface area contributed by atoms with Crippen molar-refractivity contribution in [3.63, 3.8) is 0 Å². The van der Waals surface area contributed by atoms with Gasteiger partial charge in [0.25, 0.3) is 17.7 Å².